The summed E-state index contributed by atoms with van der Waals surface area (Å²) in [4.78, 5) is 0. The topological polar surface area (TPSA) is 38.0 Å². The summed E-state index contributed by atoms with van der Waals surface area (Å²) in [5.41, 5.74) is 9.03. The molecular weight excluding hydrogens is 232 g/mol. The van der Waals surface area contributed by atoms with Crippen LogP contribution in [0.2, 0.25) is 0 Å². The van der Waals surface area contributed by atoms with Crippen LogP contribution in [-0.2, 0) is 0 Å². The van der Waals surface area contributed by atoms with E-state index in [9.17, 15) is 0 Å². The van der Waals surface area contributed by atoms with Crippen molar-refractivity contribution in [2.24, 2.45) is 5.92 Å². The number of nitrogen functional groups attached to an aromatic ring is 1. The van der Waals surface area contributed by atoms with Crippen LogP contribution in [0.4, 0.5) is 11.4 Å². The van der Waals surface area contributed by atoms with Crippen molar-refractivity contribution < 1.29 is 0 Å². The quantitative estimate of drug-likeness (QED) is 0.648. The fourth-order valence-electron chi connectivity index (χ4n) is 2.53. The third-order valence-electron chi connectivity index (χ3n) is 4.09. The molecule has 0 amide bonds. The van der Waals surface area contributed by atoms with E-state index in [0.717, 1.165) is 17.2 Å². The van der Waals surface area contributed by atoms with E-state index >= 15 is 0 Å². The van der Waals surface area contributed by atoms with Crippen molar-refractivity contribution in [2.75, 3.05) is 11.1 Å². The van der Waals surface area contributed by atoms with Crippen molar-refractivity contribution in [3.8, 4) is 0 Å². The highest BCUT2D eigenvalue weighted by Gasteiger charge is 2.06. The Morgan fingerprint density at radius 3 is 2.42 bits per heavy atom. The predicted octanol–water partition coefficient (Wildman–Crippen LogP) is 4.98. The van der Waals surface area contributed by atoms with Gasteiger partial charge < -0.3 is 11.1 Å². The zero-order valence-electron chi connectivity index (χ0n) is 13.0. The summed E-state index contributed by atoms with van der Waals surface area (Å²) in [6.07, 6.45) is 6.54. The zero-order chi connectivity index (χ0) is 14.3. The van der Waals surface area contributed by atoms with Crippen molar-refractivity contribution in [3.63, 3.8) is 0 Å². The van der Waals surface area contributed by atoms with Gasteiger partial charge in [-0.05, 0) is 49.9 Å². The maximum atomic E-state index is 5.84. The normalized spacial score (nSPS) is 12.7. The van der Waals surface area contributed by atoms with E-state index in [4.69, 9.17) is 5.73 Å². The van der Waals surface area contributed by atoms with Gasteiger partial charge in [-0.25, -0.2) is 0 Å². The van der Waals surface area contributed by atoms with Crippen LogP contribution < -0.4 is 11.1 Å². The number of hydrogen-bond acceptors (Lipinski definition) is 2. The lowest BCUT2D eigenvalue weighted by Crippen LogP contribution is -2.15. The van der Waals surface area contributed by atoms with E-state index in [1.54, 1.807) is 0 Å². The number of nitrogens with one attached hydrogen (secondary N) is 1. The average Bonchev–Trinajstić information content (AvgIpc) is 2.39. The standard InChI is InChI=1S/C17H30N2/c1-5-15(6-2)9-7-8-14(4)19-16-10-11-17(18)13(3)12-16/h10-12,14-15,19H,5-9,18H2,1-4H3. The first kappa shape index (κ1) is 15.9. The van der Waals surface area contributed by atoms with Crippen LogP contribution in [0.1, 0.15) is 58.4 Å². The lowest BCUT2D eigenvalue weighted by atomic mass is 9.95. The van der Waals surface area contributed by atoms with Gasteiger partial charge in [-0.15, -0.1) is 0 Å². The molecular formula is C17H30N2. The van der Waals surface area contributed by atoms with Crippen LogP contribution in [0.15, 0.2) is 18.2 Å². The Hall–Kier alpha value is -1.18. The molecule has 1 rings (SSSR count). The van der Waals surface area contributed by atoms with E-state index < -0.39 is 0 Å². The average molecular weight is 262 g/mol. The van der Waals surface area contributed by atoms with E-state index in [0.29, 0.717) is 6.04 Å². The van der Waals surface area contributed by atoms with Gasteiger partial charge in [-0.2, -0.15) is 0 Å². The van der Waals surface area contributed by atoms with Crippen molar-refractivity contribution in [3.05, 3.63) is 23.8 Å². The van der Waals surface area contributed by atoms with Crippen LogP contribution in [0, 0.1) is 12.8 Å². The highest BCUT2D eigenvalue weighted by Crippen LogP contribution is 2.20. The minimum absolute atomic E-state index is 0.525. The largest absolute Gasteiger partial charge is 0.399 e. The maximum absolute atomic E-state index is 5.84. The van der Waals surface area contributed by atoms with Gasteiger partial charge in [0.05, 0.1) is 0 Å². The molecule has 1 atom stereocenters. The Morgan fingerprint density at radius 2 is 1.84 bits per heavy atom. The van der Waals surface area contributed by atoms with E-state index in [2.05, 4.69) is 45.1 Å². The number of aryl methyl sites for hydroxylation is 1. The van der Waals surface area contributed by atoms with Crippen molar-refractivity contribution >= 4 is 11.4 Å². The molecule has 0 aromatic heterocycles. The van der Waals surface area contributed by atoms with Gasteiger partial charge in [0.1, 0.15) is 0 Å². The molecule has 0 aliphatic heterocycles. The van der Waals surface area contributed by atoms with E-state index in [1.165, 1.54) is 37.8 Å². The van der Waals surface area contributed by atoms with E-state index in [1.807, 2.05) is 6.07 Å². The first-order valence-corrected chi connectivity index (χ1v) is 7.69. The Bertz CT molecular complexity index is 370. The van der Waals surface area contributed by atoms with Gasteiger partial charge in [0, 0.05) is 17.4 Å². The lowest BCUT2D eigenvalue weighted by Gasteiger charge is -2.18. The summed E-state index contributed by atoms with van der Waals surface area (Å²) < 4.78 is 0. The first-order chi connectivity index (χ1) is 9.06. The molecule has 1 unspecified atom stereocenters. The van der Waals surface area contributed by atoms with Crippen LogP contribution in [0.5, 0.6) is 0 Å². The highest BCUT2D eigenvalue weighted by atomic mass is 14.9. The summed E-state index contributed by atoms with van der Waals surface area (Å²) in [5, 5.41) is 3.56. The maximum Gasteiger partial charge on any atom is 0.0346 e. The SMILES string of the molecule is CCC(CC)CCCC(C)Nc1ccc(N)c(C)c1. The van der Waals surface area contributed by atoms with Crippen molar-refractivity contribution in [2.45, 2.75) is 65.8 Å². The second-order valence-electron chi connectivity index (χ2n) is 5.73. The monoisotopic (exact) mass is 262 g/mol. The highest BCUT2D eigenvalue weighted by molar-refractivity contribution is 5.56. The third-order valence-corrected chi connectivity index (χ3v) is 4.09. The number of benzene rings is 1. The van der Waals surface area contributed by atoms with E-state index in [-0.39, 0.29) is 0 Å². The molecule has 0 bridgehead atoms. The zero-order valence-corrected chi connectivity index (χ0v) is 13.0. The second-order valence-corrected chi connectivity index (χ2v) is 5.73. The molecule has 3 N–H and O–H groups in total. The molecule has 1 aromatic rings. The summed E-state index contributed by atoms with van der Waals surface area (Å²) in [5.74, 6) is 0.908. The fraction of sp³-hybridized carbons (Fsp3) is 0.647. The molecule has 2 heteroatoms. The number of rotatable bonds is 8. The second kappa shape index (κ2) is 8.08. The molecule has 0 heterocycles. The minimum Gasteiger partial charge on any atom is -0.399 e. The van der Waals surface area contributed by atoms with Gasteiger partial charge >= 0.3 is 0 Å². The lowest BCUT2D eigenvalue weighted by molar-refractivity contribution is 0.427. The first-order valence-electron chi connectivity index (χ1n) is 7.69. The van der Waals surface area contributed by atoms with Gasteiger partial charge in [-0.3, -0.25) is 0 Å². The molecule has 0 aliphatic carbocycles. The summed E-state index contributed by atoms with van der Waals surface area (Å²) in [6.45, 7) is 8.91. The smallest absolute Gasteiger partial charge is 0.0346 e. The predicted molar refractivity (Wildman–Crippen MR) is 86.6 cm³/mol. The van der Waals surface area contributed by atoms with Crippen LogP contribution in [0.25, 0.3) is 0 Å². The Labute approximate surface area is 118 Å². The molecule has 0 aliphatic rings. The Morgan fingerprint density at radius 1 is 1.16 bits per heavy atom. The molecule has 0 saturated heterocycles. The van der Waals surface area contributed by atoms with Gasteiger partial charge in [0.2, 0.25) is 0 Å². The summed E-state index contributed by atoms with van der Waals surface area (Å²) >= 11 is 0. The minimum atomic E-state index is 0.525. The van der Waals surface area contributed by atoms with Gasteiger partial charge in [0.15, 0.2) is 0 Å². The number of anilines is 2. The molecule has 0 saturated carbocycles. The molecule has 19 heavy (non-hydrogen) atoms. The molecule has 0 fully saturated rings. The molecule has 1 aromatic carbocycles. The molecule has 0 spiro atoms. The number of hydrogen-bond donors (Lipinski definition) is 2. The van der Waals surface area contributed by atoms with Gasteiger partial charge in [0.25, 0.3) is 0 Å². The number of nitrogens with two attached hydrogens (primary N) is 1. The van der Waals surface area contributed by atoms with Crippen molar-refractivity contribution in [1.29, 1.82) is 0 Å². The summed E-state index contributed by atoms with van der Waals surface area (Å²) in [7, 11) is 0. The van der Waals surface area contributed by atoms with Crippen molar-refractivity contribution in [1.82, 2.24) is 0 Å². The summed E-state index contributed by atoms with van der Waals surface area (Å²) in [6, 6.07) is 6.71. The fourth-order valence-corrected chi connectivity index (χ4v) is 2.53. The Kier molecular flexibility index (Phi) is 6.75. The molecule has 2 nitrogen and oxygen atoms in total. The molecule has 0 radical (unpaired) electrons. The third kappa shape index (κ3) is 5.54. The van der Waals surface area contributed by atoms with Gasteiger partial charge in [-0.1, -0.05) is 39.5 Å². The Balaban J connectivity index is 2.34. The van der Waals surface area contributed by atoms with Crippen LogP contribution in [-0.4, -0.2) is 6.04 Å². The van der Waals surface area contributed by atoms with Crippen LogP contribution >= 0.6 is 0 Å². The molecule has 108 valence electrons. The van der Waals surface area contributed by atoms with Crippen LogP contribution in [0.3, 0.4) is 0 Å².